The number of rotatable bonds is 5. The number of benzene rings is 1. The normalized spacial score (nSPS) is 10.0. The lowest BCUT2D eigenvalue weighted by Crippen LogP contribution is -2.10. The number of methoxy groups -OCH3 is 1. The molecule has 0 aliphatic rings. The van der Waals surface area contributed by atoms with Crippen LogP contribution in [-0.4, -0.2) is 13.0 Å². The Kier molecular flexibility index (Phi) is 4.43. The highest BCUT2D eigenvalue weighted by Gasteiger charge is 2.02. The monoisotopic (exact) mass is 227 g/mol. The van der Waals surface area contributed by atoms with E-state index in [0.29, 0.717) is 17.2 Å². The second-order valence-electron chi connectivity index (χ2n) is 3.29. The van der Waals surface area contributed by atoms with Crippen LogP contribution in [0, 0.1) is 0 Å². The fourth-order valence-corrected chi connectivity index (χ4v) is 1.61. The summed E-state index contributed by atoms with van der Waals surface area (Å²) < 4.78 is 5.04. The molecule has 4 heteroatoms. The molecule has 1 aromatic carbocycles. The summed E-state index contributed by atoms with van der Waals surface area (Å²) in [6.45, 7) is 0. The van der Waals surface area contributed by atoms with Gasteiger partial charge in [-0.2, -0.15) is 0 Å². The van der Waals surface area contributed by atoms with E-state index in [-0.39, 0.29) is 5.91 Å². The number of halogens is 1. The number of primary amides is 1. The van der Waals surface area contributed by atoms with Gasteiger partial charge in [0, 0.05) is 6.42 Å². The van der Waals surface area contributed by atoms with Crippen molar-refractivity contribution >= 4 is 17.5 Å². The second-order valence-corrected chi connectivity index (χ2v) is 3.70. The maximum Gasteiger partial charge on any atom is 0.217 e. The minimum atomic E-state index is -0.269. The molecule has 0 saturated heterocycles. The van der Waals surface area contributed by atoms with Crippen molar-refractivity contribution < 1.29 is 9.53 Å². The van der Waals surface area contributed by atoms with Gasteiger partial charge in [0.2, 0.25) is 5.91 Å². The molecule has 0 aliphatic heterocycles. The van der Waals surface area contributed by atoms with Crippen molar-refractivity contribution in [2.45, 2.75) is 19.3 Å². The summed E-state index contributed by atoms with van der Waals surface area (Å²) in [6.07, 6.45) is 1.95. The molecule has 15 heavy (non-hydrogen) atoms. The highest BCUT2D eigenvalue weighted by molar-refractivity contribution is 6.32. The van der Waals surface area contributed by atoms with Crippen LogP contribution in [0.2, 0.25) is 5.02 Å². The molecule has 0 unspecified atom stereocenters. The predicted molar refractivity (Wildman–Crippen MR) is 60.1 cm³/mol. The third kappa shape index (κ3) is 3.80. The summed E-state index contributed by atoms with van der Waals surface area (Å²) in [7, 11) is 1.58. The zero-order valence-electron chi connectivity index (χ0n) is 8.63. The third-order valence-electron chi connectivity index (χ3n) is 2.10. The number of hydrogen-bond acceptors (Lipinski definition) is 2. The van der Waals surface area contributed by atoms with Crippen LogP contribution >= 0.6 is 11.6 Å². The molecular formula is C11H14ClNO2. The van der Waals surface area contributed by atoms with Crippen LogP contribution in [0.4, 0.5) is 0 Å². The minimum absolute atomic E-state index is 0.269. The van der Waals surface area contributed by atoms with Crippen LogP contribution < -0.4 is 10.5 Å². The molecule has 0 heterocycles. The second kappa shape index (κ2) is 5.61. The van der Waals surface area contributed by atoms with E-state index >= 15 is 0 Å². The van der Waals surface area contributed by atoms with Gasteiger partial charge in [-0.15, -0.1) is 0 Å². The Morgan fingerprint density at radius 1 is 1.53 bits per heavy atom. The van der Waals surface area contributed by atoms with E-state index in [4.69, 9.17) is 22.1 Å². The van der Waals surface area contributed by atoms with Crippen molar-refractivity contribution in [1.29, 1.82) is 0 Å². The number of ether oxygens (including phenoxy) is 1. The summed E-state index contributed by atoms with van der Waals surface area (Å²) in [4.78, 5) is 10.5. The largest absolute Gasteiger partial charge is 0.495 e. The Morgan fingerprint density at radius 3 is 2.80 bits per heavy atom. The van der Waals surface area contributed by atoms with Gasteiger partial charge in [0.1, 0.15) is 5.75 Å². The zero-order valence-corrected chi connectivity index (χ0v) is 9.38. The number of hydrogen-bond donors (Lipinski definition) is 1. The first-order valence-electron chi connectivity index (χ1n) is 4.74. The quantitative estimate of drug-likeness (QED) is 0.838. The average molecular weight is 228 g/mol. The van der Waals surface area contributed by atoms with Crippen molar-refractivity contribution in [3.8, 4) is 5.75 Å². The molecule has 1 amide bonds. The lowest BCUT2D eigenvalue weighted by Gasteiger charge is -2.05. The fraction of sp³-hybridized carbons (Fsp3) is 0.364. The predicted octanol–water partition coefficient (Wildman–Crippen LogP) is 2.16. The third-order valence-corrected chi connectivity index (χ3v) is 2.40. The summed E-state index contributed by atoms with van der Waals surface area (Å²) in [5.41, 5.74) is 6.13. The highest BCUT2D eigenvalue weighted by atomic mass is 35.5. The van der Waals surface area contributed by atoms with E-state index < -0.39 is 0 Å². The van der Waals surface area contributed by atoms with Crippen molar-refractivity contribution in [2.75, 3.05) is 7.11 Å². The molecule has 0 radical (unpaired) electrons. The van der Waals surface area contributed by atoms with E-state index in [0.717, 1.165) is 18.4 Å². The molecule has 0 saturated carbocycles. The first-order chi connectivity index (χ1) is 7.13. The molecule has 0 aliphatic carbocycles. The first kappa shape index (κ1) is 11.9. The summed E-state index contributed by atoms with van der Waals surface area (Å²) in [5, 5.41) is 0.592. The first-order valence-corrected chi connectivity index (χ1v) is 5.12. The van der Waals surface area contributed by atoms with E-state index in [1.807, 2.05) is 18.2 Å². The molecule has 2 N–H and O–H groups in total. The maximum absolute atomic E-state index is 10.5. The van der Waals surface area contributed by atoms with Gasteiger partial charge >= 0.3 is 0 Å². The number of carbonyl (C=O) groups is 1. The number of nitrogens with two attached hydrogens (primary N) is 1. The maximum atomic E-state index is 10.5. The Balaban J connectivity index is 2.55. The van der Waals surface area contributed by atoms with Crippen molar-refractivity contribution in [2.24, 2.45) is 5.73 Å². The molecule has 0 fully saturated rings. The van der Waals surface area contributed by atoms with Gasteiger partial charge in [0.15, 0.2) is 0 Å². The molecule has 0 atom stereocenters. The molecule has 82 valence electrons. The van der Waals surface area contributed by atoms with Gasteiger partial charge < -0.3 is 10.5 Å². The van der Waals surface area contributed by atoms with Gasteiger partial charge in [-0.05, 0) is 30.5 Å². The molecule has 0 aromatic heterocycles. The van der Waals surface area contributed by atoms with Crippen LogP contribution in [-0.2, 0) is 11.2 Å². The average Bonchev–Trinajstić information content (AvgIpc) is 2.17. The number of aryl methyl sites for hydroxylation is 1. The van der Waals surface area contributed by atoms with Crippen molar-refractivity contribution in [1.82, 2.24) is 0 Å². The Bertz CT molecular complexity index is 352. The van der Waals surface area contributed by atoms with E-state index in [1.54, 1.807) is 7.11 Å². The summed E-state index contributed by atoms with van der Waals surface area (Å²) in [6, 6.07) is 5.61. The van der Waals surface area contributed by atoms with E-state index in [9.17, 15) is 4.79 Å². The van der Waals surface area contributed by atoms with Crippen LogP contribution in [0.3, 0.4) is 0 Å². The minimum Gasteiger partial charge on any atom is -0.495 e. The molecule has 0 bridgehead atoms. The SMILES string of the molecule is COc1ccc(CCCC(N)=O)cc1Cl. The molecular weight excluding hydrogens is 214 g/mol. The fourth-order valence-electron chi connectivity index (χ4n) is 1.33. The van der Waals surface area contributed by atoms with Gasteiger partial charge in [-0.1, -0.05) is 17.7 Å². The Morgan fingerprint density at radius 2 is 2.27 bits per heavy atom. The van der Waals surface area contributed by atoms with Gasteiger partial charge in [0.05, 0.1) is 12.1 Å². The van der Waals surface area contributed by atoms with E-state index in [1.165, 1.54) is 0 Å². The van der Waals surface area contributed by atoms with Crippen LogP contribution in [0.25, 0.3) is 0 Å². The Labute approximate surface area is 94.2 Å². The lowest BCUT2D eigenvalue weighted by atomic mass is 10.1. The highest BCUT2D eigenvalue weighted by Crippen LogP contribution is 2.25. The van der Waals surface area contributed by atoms with Crippen LogP contribution in [0.15, 0.2) is 18.2 Å². The van der Waals surface area contributed by atoms with Crippen LogP contribution in [0.1, 0.15) is 18.4 Å². The topological polar surface area (TPSA) is 52.3 Å². The number of amides is 1. The molecule has 1 rings (SSSR count). The summed E-state index contributed by atoms with van der Waals surface area (Å²) >= 11 is 5.95. The Hall–Kier alpha value is -1.22. The zero-order chi connectivity index (χ0) is 11.3. The van der Waals surface area contributed by atoms with Gasteiger partial charge in [-0.25, -0.2) is 0 Å². The van der Waals surface area contributed by atoms with Gasteiger partial charge in [0.25, 0.3) is 0 Å². The number of carbonyl (C=O) groups excluding carboxylic acids is 1. The van der Waals surface area contributed by atoms with Gasteiger partial charge in [-0.3, -0.25) is 4.79 Å². The molecule has 3 nitrogen and oxygen atoms in total. The molecule has 0 spiro atoms. The van der Waals surface area contributed by atoms with Crippen LogP contribution in [0.5, 0.6) is 5.75 Å². The van der Waals surface area contributed by atoms with E-state index in [2.05, 4.69) is 0 Å². The van der Waals surface area contributed by atoms with Crippen molar-refractivity contribution in [3.05, 3.63) is 28.8 Å². The smallest absolute Gasteiger partial charge is 0.217 e. The lowest BCUT2D eigenvalue weighted by molar-refractivity contribution is -0.118. The standard InChI is InChI=1S/C11H14ClNO2/c1-15-10-6-5-8(7-9(10)12)3-2-4-11(13)14/h5-7H,2-4H2,1H3,(H2,13,14). The van der Waals surface area contributed by atoms with Crippen molar-refractivity contribution in [3.63, 3.8) is 0 Å². The summed E-state index contributed by atoms with van der Waals surface area (Å²) in [5.74, 6) is 0.393. The molecule has 1 aromatic rings.